The molecule has 180 valence electrons. The van der Waals surface area contributed by atoms with E-state index in [1.54, 1.807) is 21.9 Å². The number of fused-ring (bicyclic) bond motifs is 16. The molecule has 13 rings (SSSR count). The van der Waals surface area contributed by atoms with E-state index < -0.39 is 0 Å². The van der Waals surface area contributed by atoms with Gasteiger partial charge in [-0.1, -0.05) is 18.2 Å². The van der Waals surface area contributed by atoms with E-state index in [4.69, 9.17) is 9.97 Å². The molecular formula is C34H29N3. The standard InChI is InChI=1S/C34H29N3/c1-2-20-28-24(12-35-30-22-8-18-6-16-4-14(26(28)30)10-33(16,18)22)37-25-13-36-31-23-9-19-7-17-5-15(11-34(17,19)23)27(31)29(25)21(3-1)32(20)37/h1-3,12-19,22-23H,4-11H2. The number of aromatic nitrogens is 3. The van der Waals surface area contributed by atoms with Gasteiger partial charge in [-0.3, -0.25) is 9.97 Å². The van der Waals surface area contributed by atoms with Gasteiger partial charge in [-0.15, -0.1) is 0 Å². The van der Waals surface area contributed by atoms with Crippen molar-refractivity contribution in [1.29, 1.82) is 0 Å². The lowest BCUT2D eigenvalue weighted by Crippen LogP contribution is -2.59. The SMILES string of the molecule is c1cc2c3c4c(ncc3n3c5cnc6c(c5c(c1)c23)C1CC2CC3CC6C23C1)C1CC2CC3CC4CC321. The maximum atomic E-state index is 5.35. The zero-order valence-electron chi connectivity index (χ0n) is 21.0. The largest absolute Gasteiger partial charge is 0.305 e. The van der Waals surface area contributed by atoms with E-state index in [1.165, 1.54) is 90.1 Å². The number of hydrogen-bond donors (Lipinski definition) is 0. The highest BCUT2D eigenvalue weighted by molar-refractivity contribution is 6.24. The van der Waals surface area contributed by atoms with Crippen molar-refractivity contribution in [3.63, 3.8) is 0 Å². The van der Waals surface area contributed by atoms with Gasteiger partial charge in [-0.25, -0.2) is 0 Å². The molecule has 0 amide bonds. The first kappa shape index (κ1) is 17.8. The first-order chi connectivity index (χ1) is 18.3. The summed E-state index contributed by atoms with van der Waals surface area (Å²) in [6.07, 6.45) is 16.1. The first-order valence-electron chi connectivity index (χ1n) is 15.3. The van der Waals surface area contributed by atoms with Crippen molar-refractivity contribution in [3.8, 4) is 0 Å². The van der Waals surface area contributed by atoms with Crippen LogP contribution in [0.4, 0.5) is 0 Å². The normalized spacial score (nSPS) is 46.3. The summed E-state index contributed by atoms with van der Waals surface area (Å²) in [6, 6.07) is 7.23. The summed E-state index contributed by atoms with van der Waals surface area (Å²) in [5, 5.41) is 6.08. The molecule has 8 aliphatic carbocycles. The third-order valence-electron chi connectivity index (χ3n) is 14.9. The summed E-state index contributed by atoms with van der Waals surface area (Å²) in [7, 11) is 0. The van der Waals surface area contributed by atoms with E-state index >= 15 is 0 Å². The van der Waals surface area contributed by atoms with Crippen molar-refractivity contribution in [3.05, 3.63) is 53.1 Å². The lowest BCUT2D eigenvalue weighted by molar-refractivity contribution is -0.147. The second-order valence-electron chi connectivity index (χ2n) is 15.0. The Morgan fingerprint density at radius 1 is 0.649 bits per heavy atom. The molecule has 4 aromatic heterocycles. The average Bonchev–Trinajstić information content (AvgIpc) is 3.64. The van der Waals surface area contributed by atoms with Crippen LogP contribution in [0.25, 0.3) is 38.1 Å². The highest BCUT2D eigenvalue weighted by Gasteiger charge is 2.74. The van der Waals surface area contributed by atoms with E-state index in [0.717, 1.165) is 47.3 Å². The summed E-state index contributed by atoms with van der Waals surface area (Å²) >= 11 is 0. The fraction of sp³-hybridized carbons (Fsp3) is 0.529. The molecule has 8 aliphatic rings. The van der Waals surface area contributed by atoms with Crippen molar-refractivity contribution in [1.82, 2.24) is 14.4 Å². The zero-order chi connectivity index (χ0) is 23.2. The molecule has 5 aromatic rings. The highest BCUT2D eigenvalue weighted by atomic mass is 15.0. The number of benzene rings is 1. The van der Waals surface area contributed by atoms with Gasteiger partial charge in [0, 0.05) is 44.8 Å². The van der Waals surface area contributed by atoms with E-state index in [0.29, 0.717) is 10.8 Å². The molecular weight excluding hydrogens is 450 g/mol. The van der Waals surface area contributed by atoms with Crippen LogP contribution in [0.2, 0.25) is 0 Å². The summed E-state index contributed by atoms with van der Waals surface area (Å²) in [4.78, 5) is 10.7. The Labute approximate surface area is 215 Å². The predicted octanol–water partition coefficient (Wildman–Crippen LogP) is 7.63. The molecule has 37 heavy (non-hydrogen) atoms. The summed E-state index contributed by atoms with van der Waals surface area (Å²) in [6.45, 7) is 0. The van der Waals surface area contributed by atoms with Gasteiger partial charge < -0.3 is 4.40 Å². The molecule has 2 spiro atoms. The molecule has 3 heteroatoms. The highest BCUT2D eigenvalue weighted by Crippen LogP contribution is 2.83. The molecule has 4 heterocycles. The second kappa shape index (κ2) is 4.90. The van der Waals surface area contributed by atoms with Crippen LogP contribution in [-0.4, -0.2) is 14.4 Å². The number of pyridine rings is 2. The first-order valence-corrected chi connectivity index (χ1v) is 15.3. The van der Waals surface area contributed by atoms with Gasteiger partial charge in [0.05, 0.1) is 28.9 Å². The van der Waals surface area contributed by atoms with Gasteiger partial charge in [-0.2, -0.15) is 0 Å². The molecule has 1 aromatic carbocycles. The van der Waals surface area contributed by atoms with Crippen LogP contribution in [0.15, 0.2) is 30.6 Å². The Balaban J connectivity index is 1.17. The van der Waals surface area contributed by atoms with Gasteiger partial charge >= 0.3 is 0 Å². The summed E-state index contributed by atoms with van der Waals surface area (Å²) in [5.41, 5.74) is 11.8. The lowest BCUT2D eigenvalue weighted by atomic mass is 9.37. The van der Waals surface area contributed by atoms with Crippen LogP contribution >= 0.6 is 0 Å². The van der Waals surface area contributed by atoms with Crippen molar-refractivity contribution in [2.45, 2.75) is 75.0 Å². The minimum absolute atomic E-state index is 0.660. The molecule has 10 atom stereocenters. The molecule has 0 N–H and O–H groups in total. The average molecular weight is 480 g/mol. The van der Waals surface area contributed by atoms with Crippen LogP contribution in [0.1, 0.15) is 97.6 Å². The molecule has 0 saturated heterocycles. The Hall–Kier alpha value is -2.68. The maximum Gasteiger partial charge on any atom is 0.0728 e. The van der Waals surface area contributed by atoms with Crippen LogP contribution < -0.4 is 0 Å². The number of hydrogen-bond acceptors (Lipinski definition) is 2. The van der Waals surface area contributed by atoms with Crippen molar-refractivity contribution in [2.75, 3.05) is 0 Å². The van der Waals surface area contributed by atoms with Crippen LogP contribution in [0.3, 0.4) is 0 Å². The third-order valence-corrected chi connectivity index (χ3v) is 14.9. The molecule has 10 unspecified atom stereocenters. The van der Waals surface area contributed by atoms with E-state index in [-0.39, 0.29) is 0 Å². The Bertz CT molecular complexity index is 1850. The van der Waals surface area contributed by atoms with Crippen molar-refractivity contribution < 1.29 is 0 Å². The Morgan fingerprint density at radius 2 is 1.16 bits per heavy atom. The van der Waals surface area contributed by atoms with Gasteiger partial charge in [0.1, 0.15) is 0 Å². The molecule has 6 fully saturated rings. The monoisotopic (exact) mass is 479 g/mol. The third kappa shape index (κ3) is 1.43. The molecule has 3 nitrogen and oxygen atoms in total. The number of nitrogens with zero attached hydrogens (tertiary/aromatic N) is 3. The van der Waals surface area contributed by atoms with Crippen molar-refractivity contribution in [2.24, 2.45) is 34.5 Å². The summed E-state index contributed by atoms with van der Waals surface area (Å²) < 4.78 is 2.60. The minimum atomic E-state index is 0.660. The van der Waals surface area contributed by atoms with Gasteiger partial charge in [0.15, 0.2) is 0 Å². The smallest absolute Gasteiger partial charge is 0.0728 e. The molecule has 0 radical (unpaired) electrons. The van der Waals surface area contributed by atoms with E-state index in [2.05, 4.69) is 35.0 Å². The van der Waals surface area contributed by atoms with Crippen LogP contribution in [0.5, 0.6) is 0 Å². The topological polar surface area (TPSA) is 30.2 Å². The van der Waals surface area contributed by atoms with Gasteiger partial charge in [0.2, 0.25) is 0 Å². The van der Waals surface area contributed by atoms with Crippen LogP contribution in [0, 0.1) is 34.5 Å². The number of rotatable bonds is 0. The van der Waals surface area contributed by atoms with Gasteiger partial charge in [-0.05, 0) is 109 Å². The number of para-hydroxylation sites is 1. The van der Waals surface area contributed by atoms with Crippen LogP contribution in [-0.2, 0) is 0 Å². The van der Waals surface area contributed by atoms with Gasteiger partial charge in [0.25, 0.3) is 0 Å². The van der Waals surface area contributed by atoms with E-state index in [9.17, 15) is 0 Å². The van der Waals surface area contributed by atoms with Crippen molar-refractivity contribution >= 4 is 38.1 Å². The fourth-order valence-corrected chi connectivity index (χ4v) is 13.7. The maximum absolute atomic E-state index is 5.35. The quantitative estimate of drug-likeness (QED) is 0.229. The minimum Gasteiger partial charge on any atom is -0.305 e. The second-order valence-corrected chi connectivity index (χ2v) is 15.0. The lowest BCUT2D eigenvalue weighted by Gasteiger charge is -2.67. The Kier molecular flexibility index (Phi) is 2.35. The fourth-order valence-electron chi connectivity index (χ4n) is 13.7. The Morgan fingerprint density at radius 3 is 1.68 bits per heavy atom. The molecule has 6 saturated carbocycles. The zero-order valence-corrected chi connectivity index (χ0v) is 21.0. The summed E-state index contributed by atoms with van der Waals surface area (Å²) in [5.74, 6) is 6.96. The molecule has 4 bridgehead atoms. The molecule has 0 aliphatic heterocycles. The van der Waals surface area contributed by atoms with E-state index in [1.807, 2.05) is 0 Å². The predicted molar refractivity (Wildman–Crippen MR) is 143 cm³/mol.